The molecule has 40 heavy (non-hydrogen) atoms. The van der Waals surface area contributed by atoms with E-state index in [0.717, 1.165) is 18.4 Å². The highest BCUT2D eigenvalue weighted by molar-refractivity contribution is 6.45. The van der Waals surface area contributed by atoms with Crippen LogP contribution >= 0.6 is 0 Å². The second-order valence-corrected chi connectivity index (χ2v) is 10.8. The van der Waals surface area contributed by atoms with Gasteiger partial charge in [0, 0.05) is 62.5 Å². The number of fused-ring (bicyclic) bond motifs is 1. The number of aromatic nitrogens is 1. The number of hydrogen-bond donors (Lipinski definition) is 1. The molecule has 0 bridgehead atoms. The third-order valence-corrected chi connectivity index (χ3v) is 7.97. The molecule has 2 N–H and O–H groups in total. The first-order valence-corrected chi connectivity index (χ1v) is 13.9. The molecular weight excluding hydrogens is 513 g/mol. The Kier molecular flexibility index (Phi) is 7.80. The molecule has 2 atom stereocenters. The Morgan fingerprint density at radius 2 is 1.70 bits per heavy atom. The molecule has 1 aromatic heterocycles. The summed E-state index contributed by atoms with van der Waals surface area (Å²) in [6.45, 7) is 9.16. The molecule has 10 heteroatoms. The number of nitrogen functional groups attached to an aromatic ring is 1. The van der Waals surface area contributed by atoms with Crippen molar-refractivity contribution in [3.05, 3.63) is 65.1 Å². The molecule has 2 aromatic carbocycles. The number of likely N-dealkylation sites (tertiary alicyclic amines) is 1. The Labute approximate surface area is 233 Å². The van der Waals surface area contributed by atoms with Gasteiger partial charge >= 0.3 is 0 Å². The van der Waals surface area contributed by atoms with Crippen LogP contribution in [0.5, 0.6) is 5.75 Å². The molecule has 0 unspecified atom stereocenters. The number of rotatable bonds is 7. The van der Waals surface area contributed by atoms with E-state index in [0.29, 0.717) is 61.5 Å². The second kappa shape index (κ2) is 11.3. The van der Waals surface area contributed by atoms with Gasteiger partial charge in [0.15, 0.2) is 0 Å². The lowest BCUT2D eigenvalue weighted by Gasteiger charge is -2.44. The molecule has 212 valence electrons. The highest BCUT2D eigenvalue weighted by atomic mass is 19.1. The molecule has 9 nitrogen and oxygen atoms in total. The molecule has 0 aliphatic carbocycles. The van der Waals surface area contributed by atoms with E-state index in [-0.39, 0.29) is 29.4 Å². The standard InChI is InChI=1S/C30H36FN5O4/c1-4-40-27-14-26-23(25(18-36(26)32)28(37)30(39)33-11-5-6-12-33)13-24(27)29(38)35-16-19(2)34(15-20(35)3)17-21-7-9-22(31)10-8-21/h7-10,13-14,18-20H,4-6,11-12,15-17,32H2,1-3H3/t19-,20+/m0/s1. The summed E-state index contributed by atoms with van der Waals surface area (Å²) in [6, 6.07) is 9.74. The molecular formula is C30H36FN5O4. The first-order valence-electron chi connectivity index (χ1n) is 13.9. The summed E-state index contributed by atoms with van der Waals surface area (Å²) in [7, 11) is 0. The van der Waals surface area contributed by atoms with E-state index in [1.807, 2.05) is 18.7 Å². The van der Waals surface area contributed by atoms with Crippen LogP contribution in [0.4, 0.5) is 4.39 Å². The summed E-state index contributed by atoms with van der Waals surface area (Å²) in [4.78, 5) is 45.8. The van der Waals surface area contributed by atoms with Crippen molar-refractivity contribution in [3.8, 4) is 5.75 Å². The lowest BCUT2D eigenvalue weighted by atomic mass is 10.0. The molecule has 2 aliphatic rings. The van der Waals surface area contributed by atoms with Crippen molar-refractivity contribution >= 4 is 28.5 Å². The molecule has 0 saturated carbocycles. The minimum Gasteiger partial charge on any atom is -0.493 e. The van der Waals surface area contributed by atoms with E-state index >= 15 is 0 Å². The summed E-state index contributed by atoms with van der Waals surface area (Å²) in [5, 5.41) is 0.447. The van der Waals surface area contributed by atoms with Crippen LogP contribution < -0.4 is 10.6 Å². The third kappa shape index (κ3) is 5.28. The number of carbonyl (C=O) groups excluding carboxylic acids is 3. The van der Waals surface area contributed by atoms with Crippen LogP contribution in [0.1, 0.15) is 59.9 Å². The lowest BCUT2D eigenvalue weighted by molar-refractivity contribution is -0.125. The van der Waals surface area contributed by atoms with Gasteiger partial charge in [-0.2, -0.15) is 0 Å². The SMILES string of the molecule is CCOc1cc2c(cc1C(=O)N1C[C@H](C)N(Cc3ccc(F)cc3)C[C@H]1C)c(C(=O)C(=O)N1CCCC1)cn2N. The molecule has 3 aromatic rings. The number of halogens is 1. The maximum atomic E-state index is 14.0. The maximum Gasteiger partial charge on any atom is 0.295 e. The summed E-state index contributed by atoms with van der Waals surface area (Å²) in [5.74, 6) is 4.92. The van der Waals surface area contributed by atoms with Crippen LogP contribution in [0.2, 0.25) is 0 Å². The van der Waals surface area contributed by atoms with Crippen molar-refractivity contribution < 1.29 is 23.5 Å². The number of benzene rings is 2. The normalized spacial score (nSPS) is 19.8. The van der Waals surface area contributed by atoms with Crippen LogP contribution in [-0.4, -0.2) is 81.8 Å². The van der Waals surface area contributed by atoms with Crippen LogP contribution in [0.25, 0.3) is 10.9 Å². The first kappa shape index (κ1) is 27.6. The van der Waals surface area contributed by atoms with Gasteiger partial charge < -0.3 is 20.4 Å². The van der Waals surface area contributed by atoms with E-state index < -0.39 is 11.7 Å². The molecule has 3 heterocycles. The van der Waals surface area contributed by atoms with Gasteiger partial charge in [-0.1, -0.05) is 12.1 Å². The van der Waals surface area contributed by atoms with Gasteiger partial charge in [0.05, 0.1) is 23.3 Å². The Bertz CT molecular complexity index is 1430. The van der Waals surface area contributed by atoms with Gasteiger partial charge in [-0.05, 0) is 57.4 Å². The second-order valence-electron chi connectivity index (χ2n) is 10.8. The van der Waals surface area contributed by atoms with Crippen molar-refractivity contribution in [2.75, 3.05) is 38.6 Å². The van der Waals surface area contributed by atoms with E-state index in [4.69, 9.17) is 10.6 Å². The largest absolute Gasteiger partial charge is 0.493 e. The molecule has 0 spiro atoms. The van der Waals surface area contributed by atoms with Crippen molar-refractivity contribution in [1.29, 1.82) is 0 Å². The number of carbonyl (C=O) groups is 3. The van der Waals surface area contributed by atoms with E-state index in [1.165, 1.54) is 23.0 Å². The van der Waals surface area contributed by atoms with Gasteiger partial charge in [-0.25, -0.2) is 4.39 Å². The third-order valence-electron chi connectivity index (χ3n) is 7.97. The molecule has 5 rings (SSSR count). The first-order chi connectivity index (χ1) is 19.2. The number of ether oxygens (including phenoxy) is 1. The number of piperazine rings is 1. The van der Waals surface area contributed by atoms with Crippen molar-refractivity contribution in [2.24, 2.45) is 0 Å². The molecule has 2 fully saturated rings. The van der Waals surface area contributed by atoms with Gasteiger partial charge in [0.25, 0.3) is 17.6 Å². The number of hydrogen-bond acceptors (Lipinski definition) is 6. The number of nitrogens with zero attached hydrogens (tertiary/aromatic N) is 4. The van der Waals surface area contributed by atoms with Gasteiger partial charge in [-0.15, -0.1) is 0 Å². The molecule has 2 amide bonds. The van der Waals surface area contributed by atoms with E-state index in [2.05, 4.69) is 11.8 Å². The van der Waals surface area contributed by atoms with Crippen molar-refractivity contribution in [3.63, 3.8) is 0 Å². The lowest BCUT2D eigenvalue weighted by Crippen LogP contribution is -2.57. The number of amides is 2. The monoisotopic (exact) mass is 549 g/mol. The maximum absolute atomic E-state index is 14.0. The van der Waals surface area contributed by atoms with E-state index in [9.17, 15) is 18.8 Å². The number of nitrogens with two attached hydrogens (primary N) is 1. The fraction of sp³-hybridized carbons (Fsp3) is 0.433. The van der Waals surface area contributed by atoms with Crippen LogP contribution in [0.3, 0.4) is 0 Å². The average molecular weight is 550 g/mol. The zero-order valence-corrected chi connectivity index (χ0v) is 23.2. The Morgan fingerprint density at radius 3 is 2.38 bits per heavy atom. The summed E-state index contributed by atoms with van der Waals surface area (Å²) >= 11 is 0. The summed E-state index contributed by atoms with van der Waals surface area (Å²) in [6.07, 6.45) is 3.20. The van der Waals surface area contributed by atoms with Crippen LogP contribution in [0.15, 0.2) is 42.6 Å². The van der Waals surface area contributed by atoms with Crippen LogP contribution in [0, 0.1) is 5.82 Å². The summed E-state index contributed by atoms with van der Waals surface area (Å²) < 4.78 is 20.5. The van der Waals surface area contributed by atoms with Crippen LogP contribution in [-0.2, 0) is 11.3 Å². The zero-order chi connectivity index (χ0) is 28.6. The predicted molar refractivity (Wildman–Crippen MR) is 150 cm³/mol. The Hall–Kier alpha value is -3.92. The fourth-order valence-corrected chi connectivity index (χ4v) is 5.76. The number of Topliss-reactive ketones (excluding diaryl/α,β-unsaturated/α-hetero) is 1. The van der Waals surface area contributed by atoms with Gasteiger partial charge in [0.1, 0.15) is 11.6 Å². The molecule has 2 saturated heterocycles. The minimum absolute atomic E-state index is 0.0600. The van der Waals surface area contributed by atoms with E-state index in [1.54, 1.807) is 29.2 Å². The summed E-state index contributed by atoms with van der Waals surface area (Å²) in [5.41, 5.74) is 2.02. The quantitative estimate of drug-likeness (QED) is 0.275. The molecule has 2 aliphatic heterocycles. The highest BCUT2D eigenvalue weighted by Crippen LogP contribution is 2.32. The van der Waals surface area contributed by atoms with Gasteiger partial charge in [0.2, 0.25) is 0 Å². The zero-order valence-electron chi connectivity index (χ0n) is 23.2. The smallest absolute Gasteiger partial charge is 0.295 e. The Morgan fingerprint density at radius 1 is 1.00 bits per heavy atom. The Balaban J connectivity index is 1.43. The van der Waals surface area contributed by atoms with Crippen molar-refractivity contribution in [2.45, 2.75) is 52.2 Å². The minimum atomic E-state index is -0.630. The number of ketones is 1. The van der Waals surface area contributed by atoms with Gasteiger partial charge in [-0.3, -0.25) is 24.0 Å². The average Bonchev–Trinajstić information content (AvgIpc) is 3.59. The fourth-order valence-electron chi connectivity index (χ4n) is 5.76. The van der Waals surface area contributed by atoms with Crippen molar-refractivity contribution in [1.82, 2.24) is 19.4 Å². The predicted octanol–water partition coefficient (Wildman–Crippen LogP) is 3.43. The topological polar surface area (TPSA) is 101 Å². The highest BCUT2D eigenvalue weighted by Gasteiger charge is 2.35. The molecule has 0 radical (unpaired) electrons.